The zero-order valence-corrected chi connectivity index (χ0v) is 15.7. The minimum absolute atomic E-state index is 0.181. The van der Waals surface area contributed by atoms with Crippen LogP contribution in [-0.2, 0) is 5.75 Å². The molecule has 0 saturated heterocycles. The molecule has 4 aromatic rings. The predicted molar refractivity (Wildman–Crippen MR) is 110 cm³/mol. The van der Waals surface area contributed by atoms with Crippen molar-refractivity contribution in [2.24, 2.45) is 5.10 Å². The molecule has 4 rings (SSSR count). The van der Waals surface area contributed by atoms with Gasteiger partial charge in [0.25, 0.3) is 0 Å². The Labute approximate surface area is 165 Å². The van der Waals surface area contributed by atoms with E-state index >= 15 is 0 Å². The molecule has 0 unspecified atom stereocenters. The van der Waals surface area contributed by atoms with Gasteiger partial charge in [0.1, 0.15) is 12.1 Å². The number of rotatable bonds is 5. The molecule has 5 nitrogen and oxygen atoms in total. The van der Waals surface area contributed by atoms with Gasteiger partial charge in [-0.25, -0.2) is 0 Å². The molecule has 0 saturated carbocycles. The zero-order chi connectivity index (χ0) is 18.6. The average Bonchev–Trinajstić information content (AvgIpc) is 3.14. The predicted octanol–water partition coefficient (Wildman–Crippen LogP) is 4.96. The SMILES string of the molecule is Oc1ccc2ccccc2c1/C=N/n1cnnc1SCc1ccc(Cl)cc1. The third-order valence-corrected chi connectivity index (χ3v) is 5.30. The van der Waals surface area contributed by atoms with Crippen molar-refractivity contribution < 1.29 is 5.11 Å². The van der Waals surface area contributed by atoms with E-state index in [-0.39, 0.29) is 5.75 Å². The summed E-state index contributed by atoms with van der Waals surface area (Å²) in [6, 6.07) is 19.1. The Morgan fingerprint density at radius 3 is 2.74 bits per heavy atom. The first-order valence-corrected chi connectivity index (χ1v) is 9.59. The lowest BCUT2D eigenvalue weighted by Crippen LogP contribution is -1.94. The largest absolute Gasteiger partial charge is 0.507 e. The van der Waals surface area contributed by atoms with Crippen LogP contribution < -0.4 is 0 Å². The van der Waals surface area contributed by atoms with Gasteiger partial charge in [-0.15, -0.1) is 10.2 Å². The van der Waals surface area contributed by atoms with E-state index in [0.29, 0.717) is 15.7 Å². The molecule has 27 heavy (non-hydrogen) atoms. The molecule has 0 amide bonds. The van der Waals surface area contributed by atoms with Crippen molar-refractivity contribution in [3.63, 3.8) is 0 Å². The summed E-state index contributed by atoms with van der Waals surface area (Å²) in [5, 5.41) is 26.1. The van der Waals surface area contributed by atoms with E-state index < -0.39 is 0 Å². The molecule has 0 aliphatic heterocycles. The van der Waals surface area contributed by atoms with Crippen LogP contribution in [0.15, 0.2) is 77.2 Å². The van der Waals surface area contributed by atoms with Gasteiger partial charge in [-0.2, -0.15) is 9.78 Å². The lowest BCUT2D eigenvalue weighted by atomic mass is 10.0. The molecule has 0 bridgehead atoms. The van der Waals surface area contributed by atoms with E-state index in [1.54, 1.807) is 23.3 Å². The molecule has 1 aromatic heterocycles. The third-order valence-electron chi connectivity index (χ3n) is 4.04. The average molecular weight is 395 g/mol. The van der Waals surface area contributed by atoms with Crippen LogP contribution in [0.5, 0.6) is 5.75 Å². The monoisotopic (exact) mass is 394 g/mol. The van der Waals surface area contributed by atoms with Crippen LogP contribution in [-0.4, -0.2) is 26.2 Å². The van der Waals surface area contributed by atoms with Crippen molar-refractivity contribution >= 4 is 40.3 Å². The van der Waals surface area contributed by atoms with Crippen LogP contribution in [0, 0.1) is 0 Å². The topological polar surface area (TPSA) is 63.3 Å². The van der Waals surface area contributed by atoms with Gasteiger partial charge in [0.2, 0.25) is 5.16 Å². The molecule has 1 heterocycles. The van der Waals surface area contributed by atoms with Gasteiger partial charge in [0.15, 0.2) is 0 Å². The molecule has 0 aliphatic carbocycles. The standard InChI is InChI=1S/C20H15ClN4OS/c21-16-8-5-14(6-9-16)12-27-20-24-22-13-25(20)23-11-18-17-4-2-1-3-15(17)7-10-19(18)26/h1-11,13,26H,12H2/b23-11+. The first kappa shape index (κ1) is 17.6. The first-order valence-electron chi connectivity index (χ1n) is 8.23. The fourth-order valence-corrected chi connectivity index (χ4v) is 3.61. The third kappa shape index (κ3) is 3.97. The minimum Gasteiger partial charge on any atom is -0.507 e. The molecule has 0 aliphatic rings. The normalized spacial score (nSPS) is 11.4. The van der Waals surface area contributed by atoms with Crippen LogP contribution in [0.25, 0.3) is 10.8 Å². The number of phenols is 1. The lowest BCUT2D eigenvalue weighted by Gasteiger charge is -2.05. The Balaban J connectivity index is 1.57. The van der Waals surface area contributed by atoms with Crippen molar-refractivity contribution in [2.45, 2.75) is 10.9 Å². The fourth-order valence-electron chi connectivity index (χ4n) is 2.66. The molecule has 0 atom stereocenters. The molecule has 0 radical (unpaired) electrons. The second kappa shape index (κ2) is 7.82. The van der Waals surface area contributed by atoms with Gasteiger partial charge in [0, 0.05) is 16.3 Å². The second-order valence-electron chi connectivity index (χ2n) is 5.84. The van der Waals surface area contributed by atoms with Crippen LogP contribution >= 0.6 is 23.4 Å². The molecule has 3 aromatic carbocycles. The van der Waals surface area contributed by atoms with E-state index in [9.17, 15) is 5.11 Å². The van der Waals surface area contributed by atoms with E-state index in [1.807, 2.05) is 54.6 Å². The summed E-state index contributed by atoms with van der Waals surface area (Å²) in [4.78, 5) is 0. The highest BCUT2D eigenvalue weighted by molar-refractivity contribution is 7.98. The van der Waals surface area contributed by atoms with Crippen molar-refractivity contribution in [1.29, 1.82) is 0 Å². The number of fused-ring (bicyclic) bond motifs is 1. The maximum absolute atomic E-state index is 10.2. The smallest absolute Gasteiger partial charge is 0.212 e. The van der Waals surface area contributed by atoms with Gasteiger partial charge in [-0.3, -0.25) is 0 Å². The number of thioether (sulfide) groups is 1. The number of nitrogens with zero attached hydrogens (tertiary/aromatic N) is 4. The van der Waals surface area contributed by atoms with Gasteiger partial charge < -0.3 is 5.11 Å². The highest BCUT2D eigenvalue weighted by Gasteiger charge is 2.07. The molecule has 1 N–H and O–H groups in total. The fraction of sp³-hybridized carbons (Fsp3) is 0.0500. The maximum atomic E-state index is 10.2. The Kier molecular flexibility index (Phi) is 5.09. The number of aromatic nitrogens is 3. The first-order chi connectivity index (χ1) is 13.2. The summed E-state index contributed by atoms with van der Waals surface area (Å²) in [6.45, 7) is 0. The number of hydrogen-bond donors (Lipinski definition) is 1. The summed E-state index contributed by atoms with van der Waals surface area (Å²) < 4.78 is 1.60. The van der Waals surface area contributed by atoms with E-state index in [0.717, 1.165) is 22.1 Å². The highest BCUT2D eigenvalue weighted by atomic mass is 35.5. The van der Waals surface area contributed by atoms with Gasteiger partial charge >= 0.3 is 0 Å². The van der Waals surface area contributed by atoms with Crippen molar-refractivity contribution in [2.75, 3.05) is 0 Å². The van der Waals surface area contributed by atoms with Crippen LogP contribution in [0.3, 0.4) is 0 Å². The Hall–Kier alpha value is -2.83. The number of aromatic hydroxyl groups is 1. The number of benzene rings is 3. The molecular formula is C20H15ClN4OS. The Bertz CT molecular complexity index is 1110. The van der Waals surface area contributed by atoms with E-state index in [4.69, 9.17) is 11.6 Å². The van der Waals surface area contributed by atoms with Crippen molar-refractivity contribution in [1.82, 2.24) is 14.9 Å². The Morgan fingerprint density at radius 1 is 1.07 bits per heavy atom. The summed E-state index contributed by atoms with van der Waals surface area (Å²) in [5.41, 5.74) is 1.80. The Morgan fingerprint density at radius 2 is 1.89 bits per heavy atom. The lowest BCUT2D eigenvalue weighted by molar-refractivity contribution is 0.475. The number of halogens is 1. The second-order valence-corrected chi connectivity index (χ2v) is 7.22. The van der Waals surface area contributed by atoms with Gasteiger partial charge in [-0.1, -0.05) is 65.8 Å². The van der Waals surface area contributed by atoms with Crippen LogP contribution in [0.2, 0.25) is 5.02 Å². The zero-order valence-electron chi connectivity index (χ0n) is 14.2. The quantitative estimate of drug-likeness (QED) is 0.383. The molecule has 134 valence electrons. The van der Waals surface area contributed by atoms with Gasteiger partial charge in [0.05, 0.1) is 6.21 Å². The minimum atomic E-state index is 0.181. The van der Waals surface area contributed by atoms with Crippen molar-refractivity contribution in [3.8, 4) is 5.75 Å². The maximum Gasteiger partial charge on any atom is 0.212 e. The van der Waals surface area contributed by atoms with Gasteiger partial charge in [-0.05, 0) is 34.5 Å². The molecule has 0 spiro atoms. The number of hydrogen-bond acceptors (Lipinski definition) is 5. The summed E-state index contributed by atoms with van der Waals surface area (Å²) in [5.74, 6) is 0.908. The summed E-state index contributed by atoms with van der Waals surface area (Å²) in [7, 11) is 0. The van der Waals surface area contributed by atoms with Crippen LogP contribution in [0.4, 0.5) is 0 Å². The van der Waals surface area contributed by atoms with Crippen molar-refractivity contribution in [3.05, 3.63) is 83.1 Å². The summed E-state index contributed by atoms with van der Waals surface area (Å²) in [6.07, 6.45) is 3.18. The molecular weight excluding hydrogens is 380 g/mol. The highest BCUT2D eigenvalue weighted by Crippen LogP contribution is 2.26. The van der Waals surface area contributed by atoms with Crippen LogP contribution in [0.1, 0.15) is 11.1 Å². The number of phenolic OH excluding ortho intramolecular Hbond substituents is 1. The summed E-state index contributed by atoms with van der Waals surface area (Å²) >= 11 is 7.44. The van der Waals surface area contributed by atoms with E-state index in [2.05, 4.69) is 15.3 Å². The van der Waals surface area contributed by atoms with E-state index in [1.165, 1.54) is 11.8 Å². The molecule has 0 fully saturated rings. The molecule has 7 heteroatoms.